The summed E-state index contributed by atoms with van der Waals surface area (Å²) in [5, 5.41) is 5.02. The number of benzene rings is 2. The molecule has 0 spiro atoms. The van der Waals surface area contributed by atoms with Gasteiger partial charge in [-0.2, -0.15) is 0 Å². The number of para-hydroxylation sites is 2. The van der Waals surface area contributed by atoms with Gasteiger partial charge in [0.1, 0.15) is 0 Å². The third kappa shape index (κ3) is 3.08. The summed E-state index contributed by atoms with van der Waals surface area (Å²) in [5.74, 6) is -0.152. The molecule has 1 aromatic heterocycles. The van der Waals surface area contributed by atoms with Crippen LogP contribution in [-0.2, 0) is 11.8 Å². The Labute approximate surface area is 154 Å². The number of nitrogens with zero attached hydrogens (tertiary/aromatic N) is 2. The highest BCUT2D eigenvalue weighted by atomic mass is 35.5. The Morgan fingerprint density at radius 3 is 2.72 bits per heavy atom. The number of aryl methyl sites for hydroxylation is 1. The van der Waals surface area contributed by atoms with Gasteiger partial charge in [0.25, 0.3) is 5.91 Å². The molecule has 0 unspecified atom stereocenters. The van der Waals surface area contributed by atoms with Crippen LogP contribution in [0.4, 0.5) is 5.69 Å². The fraction of sp³-hybridized carbons (Fsp3) is 0.0526. The normalized spacial score (nSPS) is 17.6. The second-order valence-electron chi connectivity index (χ2n) is 5.62. The fourth-order valence-corrected chi connectivity index (χ4v) is 3.71. The Morgan fingerprint density at radius 2 is 1.92 bits per heavy atom. The predicted octanol–water partition coefficient (Wildman–Crippen LogP) is 4.72. The molecule has 1 aliphatic rings. The number of amides is 1. The molecule has 0 saturated carbocycles. The first-order valence-corrected chi connectivity index (χ1v) is 8.90. The minimum absolute atomic E-state index is 0.152. The number of thioether (sulfide) groups is 1. The lowest BCUT2D eigenvalue weighted by Crippen LogP contribution is -2.19. The zero-order valence-corrected chi connectivity index (χ0v) is 14.9. The van der Waals surface area contributed by atoms with Crippen LogP contribution in [0.15, 0.2) is 64.5 Å². The molecule has 4 nitrogen and oxygen atoms in total. The molecule has 6 heteroatoms. The van der Waals surface area contributed by atoms with Crippen LogP contribution in [0.5, 0.6) is 0 Å². The van der Waals surface area contributed by atoms with E-state index in [1.807, 2.05) is 43.5 Å². The highest BCUT2D eigenvalue weighted by Crippen LogP contribution is 2.31. The third-order valence-corrected chi connectivity index (χ3v) is 5.22. The molecule has 0 atom stereocenters. The largest absolute Gasteiger partial charge is 0.344 e. The van der Waals surface area contributed by atoms with E-state index in [0.717, 1.165) is 16.6 Å². The molecule has 2 heterocycles. The molecular weight excluding hydrogens is 354 g/mol. The van der Waals surface area contributed by atoms with Crippen LogP contribution in [0.2, 0.25) is 5.02 Å². The van der Waals surface area contributed by atoms with Gasteiger partial charge in [0, 0.05) is 23.6 Å². The molecule has 0 bridgehead atoms. The summed E-state index contributed by atoms with van der Waals surface area (Å²) in [6.07, 6.45) is 1.88. The topological polar surface area (TPSA) is 46.4 Å². The van der Waals surface area contributed by atoms with Crippen LogP contribution >= 0.6 is 23.4 Å². The SMILES string of the molecule is Cn1c(/C=C2/SC(=Nc3ccccc3Cl)NC2=O)cc2ccccc21. The molecule has 0 radical (unpaired) electrons. The predicted molar refractivity (Wildman–Crippen MR) is 105 cm³/mol. The maximum Gasteiger partial charge on any atom is 0.264 e. The van der Waals surface area contributed by atoms with Crippen molar-refractivity contribution in [2.75, 3.05) is 0 Å². The summed E-state index contributed by atoms with van der Waals surface area (Å²) in [4.78, 5) is 17.3. The molecule has 1 amide bonds. The summed E-state index contributed by atoms with van der Waals surface area (Å²) < 4.78 is 2.07. The van der Waals surface area contributed by atoms with Gasteiger partial charge in [0.05, 0.1) is 15.6 Å². The molecule has 25 heavy (non-hydrogen) atoms. The standard InChI is InChI=1S/C19H14ClN3OS/c1-23-13(10-12-6-2-5-9-16(12)23)11-17-18(24)22-19(25-17)21-15-8-4-3-7-14(15)20/h2-11H,1H3,(H,21,22,24)/b17-11+. The number of amidine groups is 1. The molecule has 0 aliphatic carbocycles. The highest BCUT2D eigenvalue weighted by molar-refractivity contribution is 8.18. The molecule has 124 valence electrons. The number of rotatable bonds is 2. The molecule has 1 fully saturated rings. The number of carbonyl (C=O) groups is 1. The van der Waals surface area contributed by atoms with Crippen LogP contribution in [0.25, 0.3) is 17.0 Å². The molecule has 2 aromatic carbocycles. The first-order chi connectivity index (χ1) is 12.1. The van der Waals surface area contributed by atoms with Gasteiger partial charge >= 0.3 is 0 Å². The Morgan fingerprint density at radius 1 is 1.16 bits per heavy atom. The van der Waals surface area contributed by atoms with Crippen LogP contribution in [0.3, 0.4) is 0 Å². The van der Waals surface area contributed by atoms with E-state index in [0.29, 0.717) is 20.8 Å². The lowest BCUT2D eigenvalue weighted by Gasteiger charge is -1.99. The fourth-order valence-electron chi connectivity index (χ4n) is 2.72. The van der Waals surface area contributed by atoms with Crippen LogP contribution < -0.4 is 5.32 Å². The number of fused-ring (bicyclic) bond motifs is 1. The van der Waals surface area contributed by atoms with Crippen molar-refractivity contribution >= 4 is 57.1 Å². The average molecular weight is 368 g/mol. The van der Waals surface area contributed by atoms with Crippen molar-refractivity contribution in [3.63, 3.8) is 0 Å². The molecule has 1 saturated heterocycles. The summed E-state index contributed by atoms with van der Waals surface area (Å²) in [5.41, 5.74) is 2.73. The molecule has 1 N–H and O–H groups in total. The number of halogens is 1. The van der Waals surface area contributed by atoms with Gasteiger partial charge in [0.2, 0.25) is 0 Å². The molecule has 3 aromatic rings. The van der Waals surface area contributed by atoms with Crippen molar-refractivity contribution in [2.45, 2.75) is 0 Å². The van der Waals surface area contributed by atoms with Gasteiger partial charge in [-0.1, -0.05) is 41.9 Å². The maximum absolute atomic E-state index is 12.3. The smallest absolute Gasteiger partial charge is 0.264 e. The van der Waals surface area contributed by atoms with Gasteiger partial charge in [0.15, 0.2) is 5.17 Å². The van der Waals surface area contributed by atoms with E-state index in [1.54, 1.807) is 6.07 Å². The summed E-state index contributed by atoms with van der Waals surface area (Å²) in [6, 6.07) is 17.5. The van der Waals surface area contributed by atoms with Crippen molar-refractivity contribution in [1.29, 1.82) is 0 Å². The van der Waals surface area contributed by atoms with E-state index in [9.17, 15) is 4.79 Å². The Hall–Kier alpha value is -2.50. The minimum Gasteiger partial charge on any atom is -0.344 e. The molecule has 4 rings (SSSR count). The Bertz CT molecular complexity index is 1050. The number of hydrogen-bond donors (Lipinski definition) is 1. The first-order valence-electron chi connectivity index (χ1n) is 7.70. The lowest BCUT2D eigenvalue weighted by atomic mass is 10.2. The van der Waals surface area contributed by atoms with E-state index in [2.05, 4.69) is 33.1 Å². The Kier molecular flexibility index (Phi) is 4.11. The van der Waals surface area contributed by atoms with Crippen LogP contribution in [0.1, 0.15) is 5.69 Å². The van der Waals surface area contributed by atoms with E-state index >= 15 is 0 Å². The number of nitrogens with one attached hydrogen (secondary N) is 1. The zero-order chi connectivity index (χ0) is 17.4. The minimum atomic E-state index is -0.152. The van der Waals surface area contributed by atoms with E-state index in [4.69, 9.17) is 11.6 Å². The summed E-state index contributed by atoms with van der Waals surface area (Å²) in [6.45, 7) is 0. The van der Waals surface area contributed by atoms with Crippen molar-refractivity contribution in [2.24, 2.45) is 12.0 Å². The Balaban J connectivity index is 1.67. The van der Waals surface area contributed by atoms with E-state index < -0.39 is 0 Å². The van der Waals surface area contributed by atoms with Gasteiger partial charge in [-0.25, -0.2) is 4.99 Å². The quantitative estimate of drug-likeness (QED) is 0.666. The second kappa shape index (κ2) is 6.43. The van der Waals surface area contributed by atoms with Gasteiger partial charge < -0.3 is 9.88 Å². The maximum atomic E-state index is 12.3. The van der Waals surface area contributed by atoms with E-state index in [1.165, 1.54) is 11.8 Å². The zero-order valence-electron chi connectivity index (χ0n) is 13.4. The number of carbonyl (C=O) groups excluding carboxylic acids is 1. The van der Waals surface area contributed by atoms with Crippen molar-refractivity contribution in [3.8, 4) is 0 Å². The van der Waals surface area contributed by atoms with Gasteiger partial charge in [-0.3, -0.25) is 4.79 Å². The average Bonchev–Trinajstić information content (AvgIpc) is 3.11. The van der Waals surface area contributed by atoms with Crippen molar-refractivity contribution < 1.29 is 4.79 Å². The van der Waals surface area contributed by atoms with Crippen molar-refractivity contribution in [3.05, 3.63) is 70.2 Å². The highest BCUT2D eigenvalue weighted by Gasteiger charge is 2.24. The number of aliphatic imine (C=N–C) groups is 1. The summed E-state index contributed by atoms with van der Waals surface area (Å²) >= 11 is 7.44. The third-order valence-electron chi connectivity index (χ3n) is 3.99. The number of hydrogen-bond acceptors (Lipinski definition) is 3. The second-order valence-corrected chi connectivity index (χ2v) is 7.06. The molecular formula is C19H14ClN3OS. The van der Waals surface area contributed by atoms with Crippen molar-refractivity contribution in [1.82, 2.24) is 9.88 Å². The first kappa shape index (κ1) is 16.0. The number of aromatic nitrogens is 1. The monoisotopic (exact) mass is 367 g/mol. The van der Waals surface area contributed by atoms with Crippen LogP contribution in [-0.4, -0.2) is 15.6 Å². The van der Waals surface area contributed by atoms with Gasteiger partial charge in [-0.05, 0) is 42.1 Å². The van der Waals surface area contributed by atoms with Crippen LogP contribution in [0, 0.1) is 0 Å². The summed E-state index contributed by atoms with van der Waals surface area (Å²) in [7, 11) is 1.99. The van der Waals surface area contributed by atoms with Gasteiger partial charge in [-0.15, -0.1) is 0 Å². The lowest BCUT2D eigenvalue weighted by molar-refractivity contribution is -0.115. The molecule has 1 aliphatic heterocycles. The van der Waals surface area contributed by atoms with E-state index in [-0.39, 0.29) is 5.91 Å².